The van der Waals surface area contributed by atoms with Crippen molar-refractivity contribution in [2.75, 3.05) is 13.2 Å². The average Bonchev–Trinajstić information content (AvgIpc) is 2.51. The highest BCUT2D eigenvalue weighted by Gasteiger charge is 2.43. The van der Waals surface area contributed by atoms with Gasteiger partial charge >= 0.3 is 6.09 Å². The summed E-state index contributed by atoms with van der Waals surface area (Å²) < 4.78 is 11.2. The van der Waals surface area contributed by atoms with Crippen LogP contribution in [0.3, 0.4) is 0 Å². The topological polar surface area (TPSA) is 71.6 Å². The molecule has 2 fully saturated rings. The van der Waals surface area contributed by atoms with E-state index in [0.717, 1.165) is 19.4 Å². The Morgan fingerprint density at radius 1 is 1.32 bits per heavy atom. The van der Waals surface area contributed by atoms with Crippen molar-refractivity contribution in [3.8, 4) is 0 Å². The Kier molecular flexibility index (Phi) is 7.52. The monoisotopic (exact) mass is 355 g/mol. The molecule has 1 aliphatic carbocycles. The minimum atomic E-state index is -0.476. The Hall–Kier alpha value is -0.850. The quantitative estimate of drug-likeness (QED) is 0.655. The molecule has 2 rings (SSSR count). The lowest BCUT2D eigenvalue weighted by Crippen LogP contribution is -2.67. The van der Waals surface area contributed by atoms with Crippen molar-refractivity contribution in [1.82, 2.24) is 16.0 Å². The third-order valence-corrected chi connectivity index (χ3v) is 4.93. The van der Waals surface area contributed by atoms with Crippen LogP contribution < -0.4 is 16.0 Å². The molecule has 25 heavy (non-hydrogen) atoms. The Labute approximate surface area is 152 Å². The van der Waals surface area contributed by atoms with Gasteiger partial charge in [0, 0.05) is 18.7 Å². The van der Waals surface area contributed by atoms with Crippen molar-refractivity contribution in [2.45, 2.75) is 103 Å². The van der Waals surface area contributed by atoms with Crippen LogP contribution >= 0.6 is 0 Å². The van der Waals surface area contributed by atoms with Crippen LogP contribution in [-0.4, -0.2) is 55.1 Å². The van der Waals surface area contributed by atoms with Crippen LogP contribution in [0.5, 0.6) is 0 Å². The Morgan fingerprint density at radius 2 is 2.08 bits per heavy atom. The number of ether oxygens (including phenoxy) is 2. The summed E-state index contributed by atoms with van der Waals surface area (Å²) in [7, 11) is 0. The molecule has 3 N–H and O–H groups in total. The first-order chi connectivity index (χ1) is 11.8. The lowest BCUT2D eigenvalue weighted by Gasteiger charge is -2.46. The molecule has 2 aliphatic rings. The lowest BCUT2D eigenvalue weighted by molar-refractivity contribution is -0.0466. The molecule has 0 aromatic heterocycles. The second-order valence-corrected chi connectivity index (χ2v) is 8.46. The number of hydrogen-bond donors (Lipinski definition) is 3. The molecule has 1 saturated heterocycles. The van der Waals surface area contributed by atoms with E-state index in [1.54, 1.807) is 0 Å². The zero-order chi connectivity index (χ0) is 18.4. The van der Waals surface area contributed by atoms with Crippen LogP contribution in [0.25, 0.3) is 0 Å². The molecule has 0 spiro atoms. The van der Waals surface area contributed by atoms with Gasteiger partial charge in [-0.05, 0) is 66.8 Å². The summed E-state index contributed by atoms with van der Waals surface area (Å²) in [5, 5.41) is 10.3. The molecule has 5 atom stereocenters. The minimum absolute atomic E-state index is 0.0631. The normalized spacial score (nSPS) is 31.1. The van der Waals surface area contributed by atoms with Gasteiger partial charge in [-0.3, -0.25) is 0 Å². The molecule has 5 unspecified atom stereocenters. The smallest absolute Gasteiger partial charge is 0.407 e. The first-order valence-corrected chi connectivity index (χ1v) is 9.89. The Morgan fingerprint density at radius 3 is 2.68 bits per heavy atom. The Balaban J connectivity index is 1.83. The van der Waals surface area contributed by atoms with E-state index < -0.39 is 5.60 Å². The predicted octanol–water partition coefficient (Wildman–Crippen LogP) is 2.57. The number of amides is 1. The van der Waals surface area contributed by atoms with Crippen molar-refractivity contribution < 1.29 is 14.3 Å². The maximum absolute atomic E-state index is 12.1. The van der Waals surface area contributed by atoms with Gasteiger partial charge in [-0.2, -0.15) is 0 Å². The summed E-state index contributed by atoms with van der Waals surface area (Å²) in [5.41, 5.74) is -0.476. The summed E-state index contributed by atoms with van der Waals surface area (Å²) in [6, 6.07) is 1.19. The molecule has 0 aromatic rings. The molecule has 1 heterocycles. The molecular formula is C19H37N3O3. The highest BCUT2D eigenvalue weighted by atomic mass is 16.6. The molecular weight excluding hydrogens is 318 g/mol. The molecule has 1 saturated carbocycles. The third-order valence-electron chi connectivity index (χ3n) is 4.93. The van der Waals surface area contributed by atoms with Crippen LogP contribution in [-0.2, 0) is 9.47 Å². The summed E-state index contributed by atoms with van der Waals surface area (Å²) in [6.45, 7) is 11.7. The van der Waals surface area contributed by atoms with Crippen molar-refractivity contribution >= 4 is 6.09 Å². The fourth-order valence-electron chi connectivity index (χ4n) is 3.77. The van der Waals surface area contributed by atoms with E-state index in [4.69, 9.17) is 9.47 Å². The molecule has 0 bridgehead atoms. The van der Waals surface area contributed by atoms with Crippen molar-refractivity contribution in [3.63, 3.8) is 0 Å². The molecule has 0 radical (unpaired) electrons. The number of carbonyl (C=O) groups excluding carboxylic acids is 1. The molecule has 0 aromatic carbocycles. The van der Waals surface area contributed by atoms with Gasteiger partial charge < -0.3 is 25.4 Å². The maximum Gasteiger partial charge on any atom is 0.407 e. The molecule has 146 valence electrons. The first-order valence-electron chi connectivity index (χ1n) is 9.89. The molecule has 6 nitrogen and oxygen atoms in total. The Bertz CT molecular complexity index is 419. The number of rotatable bonds is 7. The van der Waals surface area contributed by atoms with Gasteiger partial charge in [0.05, 0.1) is 18.2 Å². The standard InChI is InChI=1S/C19H37N3O3/c1-6-24-16-12-15(22-18(23)25-19(3,4)5)17(16)21-13(2)11-14-9-7-8-10-20-14/h13-17,20-21H,6-12H2,1-5H3,(H,22,23). The van der Waals surface area contributed by atoms with Gasteiger partial charge in [0.15, 0.2) is 0 Å². The number of alkyl carbamates (subject to hydrolysis) is 1. The highest BCUT2D eigenvalue weighted by molar-refractivity contribution is 5.68. The van der Waals surface area contributed by atoms with E-state index in [1.807, 2.05) is 27.7 Å². The molecule has 6 heteroatoms. The van der Waals surface area contributed by atoms with Gasteiger partial charge in [0.2, 0.25) is 0 Å². The summed E-state index contributed by atoms with van der Waals surface area (Å²) >= 11 is 0. The molecule has 1 aliphatic heterocycles. The predicted molar refractivity (Wildman–Crippen MR) is 99.8 cm³/mol. The van der Waals surface area contributed by atoms with Crippen LogP contribution in [0.15, 0.2) is 0 Å². The lowest BCUT2D eigenvalue weighted by atomic mass is 9.82. The largest absolute Gasteiger partial charge is 0.444 e. The van der Waals surface area contributed by atoms with Crippen molar-refractivity contribution in [3.05, 3.63) is 0 Å². The van der Waals surface area contributed by atoms with Crippen molar-refractivity contribution in [1.29, 1.82) is 0 Å². The number of nitrogens with one attached hydrogen (secondary N) is 3. The van der Waals surface area contributed by atoms with E-state index in [2.05, 4.69) is 22.9 Å². The number of carbonyl (C=O) groups is 1. The number of hydrogen-bond acceptors (Lipinski definition) is 5. The molecule has 1 amide bonds. The third kappa shape index (κ3) is 6.76. The van der Waals surface area contributed by atoms with Crippen LogP contribution in [0.1, 0.15) is 66.7 Å². The van der Waals surface area contributed by atoms with E-state index in [-0.39, 0.29) is 24.3 Å². The fourth-order valence-corrected chi connectivity index (χ4v) is 3.77. The van der Waals surface area contributed by atoms with Gasteiger partial charge in [-0.25, -0.2) is 4.79 Å². The zero-order valence-corrected chi connectivity index (χ0v) is 16.6. The second-order valence-electron chi connectivity index (χ2n) is 8.46. The SMILES string of the molecule is CCOC1CC(NC(=O)OC(C)(C)C)C1NC(C)CC1CCCCN1. The van der Waals surface area contributed by atoms with Crippen LogP contribution in [0, 0.1) is 0 Å². The van der Waals surface area contributed by atoms with E-state index in [9.17, 15) is 4.79 Å². The minimum Gasteiger partial charge on any atom is -0.444 e. The first kappa shape index (κ1) is 20.5. The fraction of sp³-hybridized carbons (Fsp3) is 0.947. The van der Waals surface area contributed by atoms with Gasteiger partial charge in [-0.15, -0.1) is 0 Å². The summed E-state index contributed by atoms with van der Waals surface area (Å²) in [4.78, 5) is 12.1. The van der Waals surface area contributed by atoms with Crippen molar-refractivity contribution in [2.24, 2.45) is 0 Å². The second kappa shape index (κ2) is 9.19. The van der Waals surface area contributed by atoms with Crippen LogP contribution in [0.4, 0.5) is 4.79 Å². The van der Waals surface area contributed by atoms with E-state index >= 15 is 0 Å². The highest BCUT2D eigenvalue weighted by Crippen LogP contribution is 2.26. The van der Waals surface area contributed by atoms with Crippen LogP contribution in [0.2, 0.25) is 0 Å². The van der Waals surface area contributed by atoms with Gasteiger partial charge in [0.25, 0.3) is 0 Å². The van der Waals surface area contributed by atoms with Gasteiger partial charge in [0.1, 0.15) is 5.60 Å². The zero-order valence-electron chi connectivity index (χ0n) is 16.6. The summed E-state index contributed by atoms with van der Waals surface area (Å²) in [6.07, 6.45) is 5.61. The number of piperidine rings is 1. The maximum atomic E-state index is 12.1. The summed E-state index contributed by atoms with van der Waals surface area (Å²) in [5.74, 6) is 0. The van der Waals surface area contributed by atoms with Gasteiger partial charge in [-0.1, -0.05) is 6.42 Å². The van der Waals surface area contributed by atoms with E-state index in [1.165, 1.54) is 19.3 Å². The average molecular weight is 356 g/mol. The van der Waals surface area contributed by atoms with E-state index in [0.29, 0.717) is 18.7 Å².